The summed E-state index contributed by atoms with van der Waals surface area (Å²) in [6.07, 6.45) is 0. The summed E-state index contributed by atoms with van der Waals surface area (Å²) in [5.41, 5.74) is 3.54. The number of para-hydroxylation sites is 1. The van der Waals surface area contributed by atoms with E-state index in [1.165, 1.54) is 12.1 Å². The lowest BCUT2D eigenvalue weighted by atomic mass is 10.1. The highest BCUT2D eigenvalue weighted by atomic mass is 16.6. The summed E-state index contributed by atoms with van der Waals surface area (Å²) in [6, 6.07) is 23.3. The summed E-state index contributed by atoms with van der Waals surface area (Å²) in [4.78, 5) is 28.3. The molecule has 2 heterocycles. The number of carbonyl (C=O) groups excluding carboxylic acids is 1. The van der Waals surface area contributed by atoms with Gasteiger partial charge in [0.1, 0.15) is 17.2 Å². The molecule has 0 spiro atoms. The van der Waals surface area contributed by atoms with Crippen molar-refractivity contribution in [1.29, 1.82) is 0 Å². The fourth-order valence-corrected chi connectivity index (χ4v) is 4.56. The molecule has 1 amide bonds. The van der Waals surface area contributed by atoms with Gasteiger partial charge in [0, 0.05) is 55.6 Å². The zero-order valence-electron chi connectivity index (χ0n) is 21.1. The van der Waals surface area contributed by atoms with Gasteiger partial charge in [0.05, 0.1) is 30.5 Å². The van der Waals surface area contributed by atoms with E-state index < -0.39 is 4.92 Å². The first-order valence-corrected chi connectivity index (χ1v) is 12.1. The Kier molecular flexibility index (Phi) is 6.94. The lowest BCUT2D eigenvalue weighted by Crippen LogP contribution is -2.49. The molecule has 194 valence electrons. The van der Waals surface area contributed by atoms with Gasteiger partial charge in [0.15, 0.2) is 0 Å². The molecule has 0 aliphatic carbocycles. The number of non-ortho nitro benzene ring substituents is 1. The van der Waals surface area contributed by atoms with Crippen molar-refractivity contribution in [3.8, 4) is 28.4 Å². The molecule has 0 unspecified atom stereocenters. The number of anilines is 1. The summed E-state index contributed by atoms with van der Waals surface area (Å²) >= 11 is 0. The second kappa shape index (κ2) is 10.6. The summed E-state index contributed by atoms with van der Waals surface area (Å²) < 4.78 is 12.6. The number of piperazine rings is 1. The molecule has 3 aromatic carbocycles. The minimum atomic E-state index is -0.411. The molecule has 1 fully saturated rings. The number of amides is 1. The van der Waals surface area contributed by atoms with Crippen LogP contribution in [0.2, 0.25) is 0 Å². The second-order valence-corrected chi connectivity index (χ2v) is 8.78. The van der Waals surface area contributed by atoms with Gasteiger partial charge >= 0.3 is 0 Å². The quantitative estimate of drug-likeness (QED) is 0.266. The Morgan fingerprint density at radius 3 is 2.21 bits per heavy atom. The fraction of sp³-hybridized carbons (Fsp3) is 0.214. The number of benzene rings is 3. The number of nitro groups is 1. The molecular formula is C28H27N5O5. The zero-order valence-corrected chi connectivity index (χ0v) is 21.1. The molecule has 5 rings (SSSR count). The molecule has 1 aliphatic heterocycles. The van der Waals surface area contributed by atoms with Crippen LogP contribution < -0.4 is 14.4 Å². The van der Waals surface area contributed by atoms with Crippen LogP contribution in [0.3, 0.4) is 0 Å². The maximum absolute atomic E-state index is 13.8. The van der Waals surface area contributed by atoms with Crippen molar-refractivity contribution in [2.45, 2.75) is 0 Å². The van der Waals surface area contributed by atoms with Gasteiger partial charge < -0.3 is 19.3 Å². The number of carbonyl (C=O) groups is 1. The Bertz CT molecular complexity index is 1440. The number of methoxy groups -OCH3 is 2. The van der Waals surface area contributed by atoms with Gasteiger partial charge in [-0.2, -0.15) is 5.10 Å². The van der Waals surface area contributed by atoms with Crippen LogP contribution in [0, 0.1) is 10.1 Å². The summed E-state index contributed by atoms with van der Waals surface area (Å²) in [5.74, 6) is 1.14. The Morgan fingerprint density at radius 2 is 1.58 bits per heavy atom. The molecule has 10 nitrogen and oxygen atoms in total. The predicted octanol–water partition coefficient (Wildman–Crippen LogP) is 4.43. The predicted molar refractivity (Wildman–Crippen MR) is 143 cm³/mol. The van der Waals surface area contributed by atoms with Gasteiger partial charge in [0.25, 0.3) is 11.6 Å². The number of nitrogens with zero attached hydrogens (tertiary/aromatic N) is 5. The van der Waals surface area contributed by atoms with Crippen molar-refractivity contribution in [3.05, 3.63) is 94.7 Å². The molecule has 0 radical (unpaired) electrons. The lowest BCUT2D eigenvalue weighted by Gasteiger charge is -2.36. The average Bonchev–Trinajstić information content (AvgIpc) is 3.42. The minimum Gasteiger partial charge on any atom is -0.497 e. The van der Waals surface area contributed by atoms with E-state index in [9.17, 15) is 14.9 Å². The normalized spacial score (nSPS) is 13.3. The van der Waals surface area contributed by atoms with Crippen LogP contribution >= 0.6 is 0 Å². The van der Waals surface area contributed by atoms with Gasteiger partial charge in [-0.05, 0) is 42.5 Å². The lowest BCUT2D eigenvalue weighted by molar-refractivity contribution is -0.384. The number of rotatable bonds is 7. The van der Waals surface area contributed by atoms with E-state index >= 15 is 0 Å². The Morgan fingerprint density at radius 1 is 0.868 bits per heavy atom. The molecule has 0 atom stereocenters. The van der Waals surface area contributed by atoms with Crippen molar-refractivity contribution in [2.24, 2.45) is 0 Å². The third-order valence-electron chi connectivity index (χ3n) is 6.61. The monoisotopic (exact) mass is 513 g/mol. The molecule has 38 heavy (non-hydrogen) atoms. The van der Waals surface area contributed by atoms with Crippen LogP contribution in [0.15, 0.2) is 78.9 Å². The molecule has 1 aliphatic rings. The molecule has 0 N–H and O–H groups in total. The first-order valence-electron chi connectivity index (χ1n) is 12.1. The van der Waals surface area contributed by atoms with Gasteiger partial charge in [0.2, 0.25) is 0 Å². The van der Waals surface area contributed by atoms with Crippen LogP contribution in [-0.2, 0) is 0 Å². The van der Waals surface area contributed by atoms with Crippen LogP contribution in [0.25, 0.3) is 16.9 Å². The summed E-state index contributed by atoms with van der Waals surface area (Å²) in [5, 5.41) is 15.8. The Balaban J connectivity index is 1.41. The second-order valence-electron chi connectivity index (χ2n) is 8.78. The van der Waals surface area contributed by atoms with Crippen LogP contribution in [0.5, 0.6) is 11.5 Å². The van der Waals surface area contributed by atoms with E-state index in [1.54, 1.807) is 43.2 Å². The van der Waals surface area contributed by atoms with E-state index in [0.717, 1.165) is 16.9 Å². The van der Waals surface area contributed by atoms with E-state index in [1.807, 2.05) is 47.4 Å². The van der Waals surface area contributed by atoms with Gasteiger partial charge in [-0.25, -0.2) is 4.68 Å². The first-order chi connectivity index (χ1) is 18.5. The smallest absolute Gasteiger partial charge is 0.272 e. The molecule has 0 saturated carbocycles. The third-order valence-corrected chi connectivity index (χ3v) is 6.61. The third kappa shape index (κ3) is 4.88. The first kappa shape index (κ1) is 24.8. The van der Waals surface area contributed by atoms with Gasteiger partial charge in [-0.3, -0.25) is 14.9 Å². The van der Waals surface area contributed by atoms with Crippen molar-refractivity contribution >= 4 is 17.3 Å². The molecule has 4 aromatic rings. The number of aromatic nitrogens is 2. The average molecular weight is 514 g/mol. The van der Waals surface area contributed by atoms with Crippen molar-refractivity contribution in [3.63, 3.8) is 0 Å². The topological polar surface area (TPSA) is 103 Å². The summed E-state index contributed by atoms with van der Waals surface area (Å²) in [6.45, 7) is 2.25. The molecule has 10 heteroatoms. The highest BCUT2D eigenvalue weighted by molar-refractivity contribution is 5.95. The highest BCUT2D eigenvalue weighted by Gasteiger charge is 2.27. The van der Waals surface area contributed by atoms with Crippen molar-refractivity contribution < 1.29 is 19.2 Å². The van der Waals surface area contributed by atoms with E-state index in [4.69, 9.17) is 14.6 Å². The number of hydrogen-bond donors (Lipinski definition) is 0. The maximum Gasteiger partial charge on any atom is 0.272 e. The van der Waals surface area contributed by atoms with Crippen molar-refractivity contribution in [1.82, 2.24) is 14.7 Å². The van der Waals surface area contributed by atoms with Crippen molar-refractivity contribution in [2.75, 3.05) is 45.3 Å². The Labute approximate surface area is 219 Å². The number of hydrogen-bond acceptors (Lipinski definition) is 7. The largest absolute Gasteiger partial charge is 0.497 e. The molecule has 1 saturated heterocycles. The molecule has 1 aromatic heterocycles. The summed E-state index contributed by atoms with van der Waals surface area (Å²) in [7, 11) is 3.18. The van der Waals surface area contributed by atoms with Gasteiger partial charge in [-0.15, -0.1) is 0 Å². The highest BCUT2D eigenvalue weighted by Crippen LogP contribution is 2.34. The molecule has 0 bridgehead atoms. The number of ether oxygens (including phenoxy) is 2. The van der Waals surface area contributed by atoms with E-state index in [-0.39, 0.29) is 11.6 Å². The standard InChI is InChI=1S/C28H27N5O5/c1-37-23-12-13-24(27(18-23)38-2)25-19-26(32(29-25)21-6-4-3-5-7-21)28(34)31-16-14-30(15-17-31)20-8-10-22(11-9-20)33(35)36/h3-13,18-19H,14-17H2,1-2H3. The molecular weight excluding hydrogens is 486 g/mol. The van der Waals surface area contributed by atoms with Crippen LogP contribution in [0.4, 0.5) is 11.4 Å². The SMILES string of the molecule is COc1ccc(-c2cc(C(=O)N3CCN(c4ccc([N+](=O)[O-])cc4)CC3)n(-c3ccccc3)n2)c(OC)c1. The fourth-order valence-electron chi connectivity index (χ4n) is 4.56. The van der Waals surface area contributed by atoms with Crippen LogP contribution in [0.1, 0.15) is 10.5 Å². The van der Waals surface area contributed by atoms with E-state index in [2.05, 4.69) is 4.90 Å². The van der Waals surface area contributed by atoms with Crippen LogP contribution in [-0.4, -0.2) is 65.9 Å². The van der Waals surface area contributed by atoms with E-state index in [0.29, 0.717) is 49.1 Å². The number of nitro benzene ring substituents is 1. The minimum absolute atomic E-state index is 0.0565. The zero-order chi connectivity index (χ0) is 26.6. The van der Waals surface area contributed by atoms with Gasteiger partial charge in [-0.1, -0.05) is 18.2 Å². The maximum atomic E-state index is 13.8. The Hall–Kier alpha value is -4.86.